The highest BCUT2D eigenvalue weighted by Crippen LogP contribution is 1.99. The van der Waals surface area contributed by atoms with Crippen LogP contribution in [0.25, 0.3) is 0 Å². The van der Waals surface area contributed by atoms with E-state index in [1.165, 1.54) is 5.06 Å². The number of rotatable bonds is 3. The van der Waals surface area contributed by atoms with E-state index < -0.39 is 0 Å². The number of hydroxylamine groups is 2. The molecular formula is C8H15NO2. The minimum Gasteiger partial charge on any atom is -0.268 e. The lowest BCUT2D eigenvalue weighted by Gasteiger charge is -2.18. The van der Waals surface area contributed by atoms with E-state index in [0.717, 1.165) is 0 Å². The number of carbonyl (C=O) groups excluding carboxylic acids is 1. The van der Waals surface area contributed by atoms with Crippen molar-refractivity contribution in [3.05, 3.63) is 12.2 Å². The van der Waals surface area contributed by atoms with Gasteiger partial charge in [-0.1, -0.05) is 6.58 Å². The summed E-state index contributed by atoms with van der Waals surface area (Å²) in [5.41, 5.74) is 0.480. The highest BCUT2D eigenvalue weighted by molar-refractivity contribution is 5.91. The molecule has 0 aromatic carbocycles. The highest BCUT2D eigenvalue weighted by atomic mass is 16.7. The van der Waals surface area contributed by atoms with Gasteiger partial charge in [-0.25, -0.2) is 5.06 Å². The van der Waals surface area contributed by atoms with E-state index in [1.54, 1.807) is 14.0 Å². The Morgan fingerprint density at radius 1 is 1.55 bits per heavy atom. The van der Waals surface area contributed by atoms with Gasteiger partial charge in [0.2, 0.25) is 0 Å². The van der Waals surface area contributed by atoms with Gasteiger partial charge in [0, 0.05) is 12.6 Å². The third kappa shape index (κ3) is 3.78. The third-order valence-corrected chi connectivity index (χ3v) is 1.02. The maximum Gasteiger partial charge on any atom is 0.272 e. The molecule has 1 amide bonds. The van der Waals surface area contributed by atoms with E-state index in [1.807, 2.05) is 13.8 Å². The number of nitrogens with zero attached hydrogens (tertiary/aromatic N) is 1. The van der Waals surface area contributed by atoms with Crippen LogP contribution in [-0.4, -0.2) is 24.1 Å². The predicted molar refractivity (Wildman–Crippen MR) is 43.8 cm³/mol. The molecule has 0 aliphatic rings. The summed E-state index contributed by atoms with van der Waals surface area (Å²) in [4.78, 5) is 16.2. The lowest BCUT2D eigenvalue weighted by Crippen LogP contribution is -2.30. The smallest absolute Gasteiger partial charge is 0.268 e. The van der Waals surface area contributed by atoms with E-state index >= 15 is 0 Å². The van der Waals surface area contributed by atoms with E-state index in [9.17, 15) is 4.79 Å². The first-order chi connectivity index (χ1) is 4.95. The molecule has 0 bridgehead atoms. The van der Waals surface area contributed by atoms with Crippen molar-refractivity contribution in [2.75, 3.05) is 7.05 Å². The number of amides is 1. The van der Waals surface area contributed by atoms with Gasteiger partial charge in [0.05, 0.1) is 6.10 Å². The molecule has 0 saturated carbocycles. The molecule has 0 radical (unpaired) electrons. The minimum atomic E-state index is -0.182. The van der Waals surface area contributed by atoms with Gasteiger partial charge in [0.25, 0.3) is 5.91 Å². The van der Waals surface area contributed by atoms with Gasteiger partial charge in [-0.15, -0.1) is 0 Å². The standard InChI is InChI=1S/C8H15NO2/c1-6(2)8(10)9(5)11-7(3)4/h7H,1H2,2-5H3. The zero-order valence-electron chi connectivity index (χ0n) is 7.55. The van der Waals surface area contributed by atoms with Gasteiger partial charge in [-0.05, 0) is 20.8 Å². The van der Waals surface area contributed by atoms with Crippen molar-refractivity contribution >= 4 is 5.91 Å². The summed E-state index contributed by atoms with van der Waals surface area (Å²) in [6, 6.07) is 0. The van der Waals surface area contributed by atoms with Crippen LogP contribution in [0.4, 0.5) is 0 Å². The van der Waals surface area contributed by atoms with Crippen LogP contribution in [0.5, 0.6) is 0 Å². The zero-order valence-corrected chi connectivity index (χ0v) is 7.55. The Balaban J connectivity index is 3.93. The van der Waals surface area contributed by atoms with Crippen LogP contribution in [0, 0.1) is 0 Å². The van der Waals surface area contributed by atoms with Crippen molar-refractivity contribution < 1.29 is 9.63 Å². The topological polar surface area (TPSA) is 29.5 Å². The second kappa shape index (κ2) is 4.13. The molecule has 11 heavy (non-hydrogen) atoms. The zero-order chi connectivity index (χ0) is 9.02. The predicted octanol–water partition coefficient (Wildman–Crippen LogP) is 1.36. The molecule has 0 fully saturated rings. The van der Waals surface area contributed by atoms with Gasteiger partial charge >= 0.3 is 0 Å². The van der Waals surface area contributed by atoms with Crippen LogP contribution in [-0.2, 0) is 9.63 Å². The maximum atomic E-state index is 11.1. The van der Waals surface area contributed by atoms with Crippen LogP contribution in [0.3, 0.4) is 0 Å². The van der Waals surface area contributed by atoms with Gasteiger partial charge in [0.15, 0.2) is 0 Å². The van der Waals surface area contributed by atoms with Crippen molar-refractivity contribution in [3.8, 4) is 0 Å². The maximum absolute atomic E-state index is 11.1. The summed E-state index contributed by atoms with van der Waals surface area (Å²) >= 11 is 0. The van der Waals surface area contributed by atoms with Crippen LogP contribution >= 0.6 is 0 Å². The Bertz CT molecular complexity index is 163. The molecule has 0 N–H and O–H groups in total. The van der Waals surface area contributed by atoms with Gasteiger partial charge in [-0.3, -0.25) is 9.63 Å². The average molecular weight is 157 g/mol. The highest BCUT2D eigenvalue weighted by Gasteiger charge is 2.10. The third-order valence-electron chi connectivity index (χ3n) is 1.02. The quantitative estimate of drug-likeness (QED) is 0.457. The fraction of sp³-hybridized carbons (Fsp3) is 0.625. The Hall–Kier alpha value is -0.830. The molecule has 0 atom stereocenters. The average Bonchev–Trinajstić information content (AvgIpc) is 1.84. The molecule has 0 aliphatic heterocycles. The van der Waals surface area contributed by atoms with Gasteiger partial charge in [-0.2, -0.15) is 0 Å². The van der Waals surface area contributed by atoms with Crippen molar-refractivity contribution in [3.63, 3.8) is 0 Å². The molecule has 0 aromatic rings. The summed E-state index contributed by atoms with van der Waals surface area (Å²) in [6.07, 6.45) is 0.0169. The SMILES string of the molecule is C=C(C)C(=O)N(C)OC(C)C. The first-order valence-electron chi connectivity index (χ1n) is 3.55. The molecule has 0 saturated heterocycles. The summed E-state index contributed by atoms with van der Waals surface area (Å²) in [5.74, 6) is -0.182. The second-order valence-electron chi connectivity index (χ2n) is 2.74. The van der Waals surface area contributed by atoms with Gasteiger partial charge < -0.3 is 0 Å². The van der Waals surface area contributed by atoms with E-state index in [-0.39, 0.29) is 12.0 Å². The Kier molecular flexibility index (Phi) is 3.82. The number of hydrogen-bond acceptors (Lipinski definition) is 2. The van der Waals surface area contributed by atoms with E-state index in [2.05, 4.69) is 6.58 Å². The molecule has 3 heteroatoms. The van der Waals surface area contributed by atoms with Crippen molar-refractivity contribution in [1.29, 1.82) is 0 Å². The second-order valence-corrected chi connectivity index (χ2v) is 2.74. The van der Waals surface area contributed by atoms with Crippen molar-refractivity contribution in [2.45, 2.75) is 26.9 Å². The summed E-state index contributed by atoms with van der Waals surface area (Å²) in [7, 11) is 1.58. The fourth-order valence-corrected chi connectivity index (χ4v) is 0.633. The number of carbonyl (C=O) groups is 1. The summed E-state index contributed by atoms with van der Waals surface area (Å²) in [5, 5.41) is 1.20. The normalized spacial score (nSPS) is 9.91. The summed E-state index contributed by atoms with van der Waals surface area (Å²) in [6.45, 7) is 8.89. The largest absolute Gasteiger partial charge is 0.272 e. The Morgan fingerprint density at radius 2 is 2.00 bits per heavy atom. The van der Waals surface area contributed by atoms with Crippen LogP contribution < -0.4 is 0 Å². The molecule has 3 nitrogen and oxygen atoms in total. The molecule has 64 valence electrons. The lowest BCUT2D eigenvalue weighted by atomic mass is 10.3. The molecule has 0 unspecified atom stereocenters. The number of hydrogen-bond donors (Lipinski definition) is 0. The van der Waals surface area contributed by atoms with E-state index in [0.29, 0.717) is 5.57 Å². The molecule has 0 aliphatic carbocycles. The first-order valence-corrected chi connectivity index (χ1v) is 3.55. The molecule has 0 aromatic heterocycles. The van der Waals surface area contributed by atoms with E-state index in [4.69, 9.17) is 4.84 Å². The molecule has 0 heterocycles. The van der Waals surface area contributed by atoms with Crippen LogP contribution in [0.15, 0.2) is 12.2 Å². The van der Waals surface area contributed by atoms with Crippen LogP contribution in [0.2, 0.25) is 0 Å². The Morgan fingerprint density at radius 3 is 2.27 bits per heavy atom. The minimum absolute atomic E-state index is 0.0169. The first kappa shape index (κ1) is 10.2. The van der Waals surface area contributed by atoms with Crippen LogP contribution in [0.1, 0.15) is 20.8 Å². The van der Waals surface area contributed by atoms with Crippen molar-refractivity contribution in [1.82, 2.24) is 5.06 Å². The summed E-state index contributed by atoms with van der Waals surface area (Å²) < 4.78 is 0. The molecular weight excluding hydrogens is 142 g/mol. The lowest BCUT2D eigenvalue weighted by molar-refractivity contribution is -0.186. The molecule has 0 spiro atoms. The number of likely N-dealkylation sites (N-methyl/N-ethyl adjacent to an activating group) is 1. The fourth-order valence-electron chi connectivity index (χ4n) is 0.633. The Labute approximate surface area is 67.6 Å². The van der Waals surface area contributed by atoms with Gasteiger partial charge in [0.1, 0.15) is 0 Å². The van der Waals surface area contributed by atoms with Crippen molar-refractivity contribution in [2.24, 2.45) is 0 Å². The monoisotopic (exact) mass is 157 g/mol. The molecule has 0 rings (SSSR count).